The van der Waals surface area contributed by atoms with Gasteiger partial charge in [-0.3, -0.25) is 10.1 Å². The Morgan fingerprint density at radius 3 is 2.77 bits per heavy atom. The van der Waals surface area contributed by atoms with Crippen LogP contribution in [0, 0.1) is 15.5 Å². The molecule has 4 N–H and O–H groups in total. The molecule has 0 radical (unpaired) electrons. The highest BCUT2D eigenvalue weighted by atomic mass is 32.2. The molecule has 2 rings (SSSR count). The number of anilines is 1. The quantitative estimate of drug-likeness (QED) is 0.547. The molecule has 1 unspecified atom stereocenters. The average molecular weight is 328 g/mol. The molecule has 0 amide bonds. The first-order valence-electron chi connectivity index (χ1n) is 6.97. The maximum Gasteiger partial charge on any atom is 0.293 e. The van der Waals surface area contributed by atoms with Gasteiger partial charge in [0.25, 0.3) is 5.69 Å². The van der Waals surface area contributed by atoms with Crippen molar-refractivity contribution in [3.63, 3.8) is 0 Å². The highest BCUT2D eigenvalue weighted by Gasteiger charge is 2.27. The Morgan fingerprint density at radius 2 is 2.23 bits per heavy atom. The van der Waals surface area contributed by atoms with Crippen LogP contribution >= 0.6 is 0 Å². The minimum Gasteiger partial charge on any atom is -0.379 e. The van der Waals surface area contributed by atoms with Crippen LogP contribution < -0.4 is 15.8 Å². The lowest BCUT2D eigenvalue weighted by Crippen LogP contribution is -2.42. The molecule has 1 aromatic rings. The molecule has 9 heteroatoms. The Morgan fingerprint density at radius 1 is 1.50 bits per heavy atom. The molecular formula is C13H20N4O4S. The van der Waals surface area contributed by atoms with Crippen molar-refractivity contribution in [2.24, 2.45) is 10.6 Å². The van der Waals surface area contributed by atoms with Crippen LogP contribution in [0.5, 0.6) is 0 Å². The van der Waals surface area contributed by atoms with Gasteiger partial charge in [0, 0.05) is 19.2 Å². The van der Waals surface area contributed by atoms with Gasteiger partial charge in [-0.25, -0.2) is 13.6 Å². The zero-order valence-corrected chi connectivity index (χ0v) is 13.1. The Balaban J connectivity index is 2.21. The van der Waals surface area contributed by atoms with E-state index in [2.05, 4.69) is 17.6 Å². The molecule has 0 spiro atoms. The van der Waals surface area contributed by atoms with Crippen LogP contribution in [0.15, 0.2) is 23.1 Å². The van der Waals surface area contributed by atoms with Gasteiger partial charge in [0.1, 0.15) is 5.69 Å². The van der Waals surface area contributed by atoms with Crippen molar-refractivity contribution >= 4 is 21.4 Å². The summed E-state index contributed by atoms with van der Waals surface area (Å²) < 4.78 is 22.6. The Kier molecular flexibility index (Phi) is 4.69. The van der Waals surface area contributed by atoms with E-state index in [-0.39, 0.29) is 16.0 Å². The lowest BCUT2D eigenvalue weighted by atomic mass is 9.83. The fourth-order valence-electron chi connectivity index (χ4n) is 2.57. The van der Waals surface area contributed by atoms with Crippen LogP contribution in [0.2, 0.25) is 0 Å². The predicted molar refractivity (Wildman–Crippen MR) is 83.2 cm³/mol. The number of primary sulfonamides is 1. The fraction of sp³-hybridized carbons (Fsp3) is 0.538. The second-order valence-corrected chi connectivity index (χ2v) is 7.49. The van der Waals surface area contributed by atoms with E-state index in [1.807, 2.05) is 0 Å². The molecule has 1 atom stereocenters. The molecule has 1 fully saturated rings. The fourth-order valence-corrected chi connectivity index (χ4v) is 3.10. The minimum absolute atomic E-state index is 0.00470. The zero-order chi connectivity index (χ0) is 16.4. The zero-order valence-electron chi connectivity index (χ0n) is 12.3. The van der Waals surface area contributed by atoms with Crippen molar-refractivity contribution < 1.29 is 13.3 Å². The van der Waals surface area contributed by atoms with E-state index in [1.54, 1.807) is 0 Å². The molecule has 8 nitrogen and oxygen atoms in total. The summed E-state index contributed by atoms with van der Waals surface area (Å²) in [7, 11) is -3.97. The maximum atomic E-state index is 11.3. The smallest absolute Gasteiger partial charge is 0.293 e. The summed E-state index contributed by atoms with van der Waals surface area (Å²) in [5, 5.41) is 22.5. The molecule has 0 bridgehead atoms. The van der Waals surface area contributed by atoms with Crippen LogP contribution in [-0.2, 0) is 10.0 Å². The third kappa shape index (κ3) is 3.93. The van der Waals surface area contributed by atoms with Gasteiger partial charge in [-0.05, 0) is 36.9 Å². The highest BCUT2D eigenvalue weighted by Crippen LogP contribution is 2.30. The summed E-state index contributed by atoms with van der Waals surface area (Å²) in [5.74, 6) is 0. The van der Waals surface area contributed by atoms with E-state index < -0.39 is 14.9 Å². The van der Waals surface area contributed by atoms with Crippen LogP contribution in [0.25, 0.3) is 0 Å². The van der Waals surface area contributed by atoms with Gasteiger partial charge < -0.3 is 10.6 Å². The van der Waals surface area contributed by atoms with Gasteiger partial charge in [-0.1, -0.05) is 6.92 Å². The first-order chi connectivity index (χ1) is 10.2. The molecular weight excluding hydrogens is 308 g/mol. The molecule has 1 aromatic carbocycles. The molecule has 1 aliphatic heterocycles. The van der Waals surface area contributed by atoms with E-state index in [9.17, 15) is 18.5 Å². The van der Waals surface area contributed by atoms with Gasteiger partial charge in [-0.15, -0.1) is 0 Å². The molecule has 1 saturated heterocycles. The van der Waals surface area contributed by atoms with E-state index in [0.29, 0.717) is 12.2 Å². The van der Waals surface area contributed by atoms with Gasteiger partial charge in [-0.2, -0.15) is 0 Å². The SMILES string of the molecule is CC1(CNc2ccc(S(N)(=O)=O)cc2[N+](=O)[O-])CCCNC1. The molecule has 22 heavy (non-hydrogen) atoms. The first-order valence-corrected chi connectivity index (χ1v) is 8.52. The van der Waals surface area contributed by atoms with Gasteiger partial charge in [0.2, 0.25) is 10.0 Å². The topological polar surface area (TPSA) is 127 Å². The number of nitro benzene ring substituents is 1. The Bertz CT molecular complexity index is 669. The average Bonchev–Trinajstić information content (AvgIpc) is 2.44. The largest absolute Gasteiger partial charge is 0.379 e. The van der Waals surface area contributed by atoms with Crippen molar-refractivity contribution in [3.8, 4) is 0 Å². The second kappa shape index (κ2) is 6.19. The summed E-state index contributed by atoms with van der Waals surface area (Å²) in [6.07, 6.45) is 2.08. The summed E-state index contributed by atoms with van der Waals surface area (Å²) in [6.45, 7) is 4.49. The van der Waals surface area contributed by atoms with Crippen molar-refractivity contribution in [1.29, 1.82) is 0 Å². The van der Waals surface area contributed by atoms with Gasteiger partial charge in [0.15, 0.2) is 0 Å². The lowest BCUT2D eigenvalue weighted by molar-refractivity contribution is -0.384. The van der Waals surface area contributed by atoms with Crippen molar-refractivity contribution in [1.82, 2.24) is 5.32 Å². The summed E-state index contributed by atoms with van der Waals surface area (Å²) >= 11 is 0. The normalized spacial score (nSPS) is 22.3. The number of hydrogen-bond acceptors (Lipinski definition) is 6. The number of hydrogen-bond donors (Lipinski definition) is 3. The number of nitrogens with two attached hydrogens (primary N) is 1. The first kappa shape index (κ1) is 16.7. The van der Waals surface area contributed by atoms with E-state index >= 15 is 0 Å². The van der Waals surface area contributed by atoms with E-state index in [0.717, 1.165) is 32.0 Å². The third-order valence-electron chi connectivity index (χ3n) is 3.89. The van der Waals surface area contributed by atoms with Gasteiger partial charge in [0.05, 0.1) is 9.82 Å². The number of benzene rings is 1. The van der Waals surface area contributed by atoms with Crippen LogP contribution in [-0.4, -0.2) is 33.0 Å². The third-order valence-corrected chi connectivity index (χ3v) is 4.80. The molecule has 122 valence electrons. The number of nitrogens with zero attached hydrogens (tertiary/aromatic N) is 1. The predicted octanol–water partition coefficient (Wildman–Crippen LogP) is 1.04. The maximum absolute atomic E-state index is 11.3. The van der Waals surface area contributed by atoms with Crippen LogP contribution in [0.1, 0.15) is 19.8 Å². The van der Waals surface area contributed by atoms with Crippen molar-refractivity contribution in [3.05, 3.63) is 28.3 Å². The van der Waals surface area contributed by atoms with Crippen LogP contribution in [0.4, 0.5) is 11.4 Å². The molecule has 0 aromatic heterocycles. The minimum atomic E-state index is -3.97. The molecule has 0 saturated carbocycles. The standard InChI is InChI=1S/C13H20N4O4S/c1-13(5-2-6-15-8-13)9-16-11-4-3-10(22(14,20)21)7-12(11)17(18)19/h3-4,7,15-16H,2,5-6,8-9H2,1H3,(H2,14,20,21). The van der Waals surface area contributed by atoms with Crippen LogP contribution in [0.3, 0.4) is 0 Å². The number of nitrogens with one attached hydrogen (secondary N) is 2. The van der Waals surface area contributed by atoms with E-state index in [4.69, 9.17) is 5.14 Å². The second-order valence-electron chi connectivity index (χ2n) is 5.93. The number of sulfonamides is 1. The number of rotatable bonds is 5. The van der Waals surface area contributed by atoms with Crippen molar-refractivity contribution in [2.45, 2.75) is 24.7 Å². The summed E-state index contributed by atoms with van der Waals surface area (Å²) in [4.78, 5) is 10.3. The monoisotopic (exact) mass is 328 g/mol. The molecule has 1 heterocycles. The van der Waals surface area contributed by atoms with E-state index in [1.165, 1.54) is 12.1 Å². The number of nitro groups is 1. The number of piperidine rings is 1. The highest BCUT2D eigenvalue weighted by molar-refractivity contribution is 7.89. The summed E-state index contributed by atoms with van der Waals surface area (Å²) in [5.41, 5.74) is 0.00756. The van der Waals surface area contributed by atoms with Crippen molar-refractivity contribution in [2.75, 3.05) is 25.0 Å². The van der Waals surface area contributed by atoms with Gasteiger partial charge >= 0.3 is 0 Å². The summed E-state index contributed by atoms with van der Waals surface area (Å²) in [6, 6.07) is 3.64. The molecule has 0 aliphatic carbocycles. The lowest BCUT2D eigenvalue weighted by Gasteiger charge is -2.34. The Labute approximate surface area is 129 Å². The Hall–Kier alpha value is -1.71. The molecule has 1 aliphatic rings.